The third kappa shape index (κ3) is 2.21. The molecule has 0 bridgehead atoms. The first-order valence-corrected chi connectivity index (χ1v) is 5.37. The van der Waals surface area contributed by atoms with Gasteiger partial charge in [0.2, 0.25) is 5.91 Å². The molecule has 3 nitrogen and oxygen atoms in total. The van der Waals surface area contributed by atoms with Gasteiger partial charge in [0.15, 0.2) is 0 Å². The van der Waals surface area contributed by atoms with Crippen molar-refractivity contribution in [1.29, 1.82) is 0 Å². The van der Waals surface area contributed by atoms with Crippen LogP contribution in [0.1, 0.15) is 32.1 Å². The van der Waals surface area contributed by atoms with Crippen LogP contribution in [-0.4, -0.2) is 25.0 Å². The zero-order chi connectivity index (χ0) is 9.10. The molecule has 0 aromatic carbocycles. The van der Waals surface area contributed by atoms with Crippen molar-refractivity contribution in [3.8, 4) is 0 Å². The van der Waals surface area contributed by atoms with Crippen LogP contribution in [0.2, 0.25) is 0 Å². The molecule has 1 amide bonds. The minimum Gasteiger partial charge on any atom is -0.353 e. The molecule has 0 aromatic heterocycles. The lowest BCUT2D eigenvalue weighted by Crippen LogP contribution is -2.52. The molecule has 0 radical (unpaired) electrons. The van der Waals surface area contributed by atoms with Gasteiger partial charge >= 0.3 is 0 Å². The molecule has 0 atom stereocenters. The fourth-order valence-electron chi connectivity index (χ4n) is 2.04. The molecule has 0 unspecified atom stereocenters. The van der Waals surface area contributed by atoms with Crippen LogP contribution in [0.15, 0.2) is 0 Å². The lowest BCUT2D eigenvalue weighted by molar-refractivity contribution is -0.127. The van der Waals surface area contributed by atoms with E-state index in [1.165, 1.54) is 32.1 Å². The van der Waals surface area contributed by atoms with Gasteiger partial charge in [-0.3, -0.25) is 4.79 Å². The molecule has 0 aromatic rings. The highest BCUT2D eigenvalue weighted by molar-refractivity contribution is 5.80. The van der Waals surface area contributed by atoms with E-state index in [1.54, 1.807) is 0 Å². The van der Waals surface area contributed by atoms with Crippen LogP contribution in [0.25, 0.3) is 0 Å². The highest BCUT2D eigenvalue weighted by atomic mass is 16.2. The van der Waals surface area contributed by atoms with Gasteiger partial charge in [0.1, 0.15) is 0 Å². The number of rotatable bonds is 2. The Morgan fingerprint density at radius 2 is 1.85 bits per heavy atom. The minimum atomic E-state index is 0.252. The molecule has 1 saturated heterocycles. The van der Waals surface area contributed by atoms with Gasteiger partial charge in [0, 0.05) is 19.1 Å². The van der Waals surface area contributed by atoms with Gasteiger partial charge in [-0.1, -0.05) is 19.3 Å². The molecule has 1 aliphatic heterocycles. The number of hydrogen-bond donors (Lipinski definition) is 2. The highest BCUT2D eigenvalue weighted by Crippen LogP contribution is 2.18. The normalized spacial score (nSPS) is 25.2. The Kier molecular flexibility index (Phi) is 2.83. The first kappa shape index (κ1) is 9.00. The minimum absolute atomic E-state index is 0.252. The van der Waals surface area contributed by atoms with Crippen molar-refractivity contribution >= 4 is 5.91 Å². The van der Waals surface area contributed by atoms with Crippen molar-refractivity contribution in [3.63, 3.8) is 0 Å². The molecule has 13 heavy (non-hydrogen) atoms. The van der Waals surface area contributed by atoms with Crippen molar-refractivity contribution in [2.75, 3.05) is 13.1 Å². The fourth-order valence-corrected chi connectivity index (χ4v) is 2.04. The van der Waals surface area contributed by atoms with Gasteiger partial charge in [-0.05, 0) is 12.8 Å². The Labute approximate surface area is 79.3 Å². The van der Waals surface area contributed by atoms with Gasteiger partial charge in [0.05, 0.1) is 5.92 Å². The predicted octanol–water partition coefficient (Wildman–Crippen LogP) is 0.655. The number of carbonyl (C=O) groups excluding carboxylic acids is 1. The van der Waals surface area contributed by atoms with E-state index in [0.29, 0.717) is 6.04 Å². The Bertz CT molecular complexity index is 183. The largest absolute Gasteiger partial charge is 0.353 e. The van der Waals surface area contributed by atoms with Crippen LogP contribution >= 0.6 is 0 Å². The van der Waals surface area contributed by atoms with Crippen molar-refractivity contribution < 1.29 is 4.79 Å². The maximum absolute atomic E-state index is 11.5. The van der Waals surface area contributed by atoms with E-state index in [4.69, 9.17) is 0 Å². The maximum Gasteiger partial charge on any atom is 0.225 e. The summed E-state index contributed by atoms with van der Waals surface area (Å²) >= 11 is 0. The Balaban J connectivity index is 1.72. The summed E-state index contributed by atoms with van der Waals surface area (Å²) in [4.78, 5) is 11.5. The third-order valence-corrected chi connectivity index (χ3v) is 3.10. The van der Waals surface area contributed by atoms with Crippen LogP contribution in [0, 0.1) is 5.92 Å². The van der Waals surface area contributed by atoms with E-state index in [0.717, 1.165) is 13.1 Å². The van der Waals surface area contributed by atoms with Crippen LogP contribution in [0.4, 0.5) is 0 Å². The van der Waals surface area contributed by atoms with Crippen LogP contribution in [-0.2, 0) is 4.79 Å². The SMILES string of the molecule is O=C(NC1CCCCC1)C1CNC1. The first-order valence-electron chi connectivity index (χ1n) is 5.37. The third-order valence-electron chi connectivity index (χ3n) is 3.10. The second-order valence-corrected chi connectivity index (χ2v) is 4.20. The summed E-state index contributed by atoms with van der Waals surface area (Å²) in [5, 5.41) is 6.26. The lowest BCUT2D eigenvalue weighted by Gasteiger charge is -2.29. The molecule has 1 aliphatic carbocycles. The summed E-state index contributed by atoms with van der Waals surface area (Å²) in [6.45, 7) is 1.75. The number of carbonyl (C=O) groups is 1. The van der Waals surface area contributed by atoms with Gasteiger partial charge in [-0.15, -0.1) is 0 Å². The second kappa shape index (κ2) is 4.09. The highest BCUT2D eigenvalue weighted by Gasteiger charge is 2.26. The topological polar surface area (TPSA) is 41.1 Å². The molecule has 3 heteroatoms. The molecular formula is C10H18N2O. The van der Waals surface area contributed by atoms with Crippen molar-refractivity contribution in [1.82, 2.24) is 10.6 Å². The standard InChI is InChI=1S/C10H18N2O/c13-10(8-6-11-7-8)12-9-4-2-1-3-5-9/h8-9,11H,1-7H2,(H,12,13). The molecular weight excluding hydrogens is 164 g/mol. The van der Waals surface area contributed by atoms with Crippen LogP contribution in [0.3, 0.4) is 0 Å². The van der Waals surface area contributed by atoms with Crippen molar-refractivity contribution in [3.05, 3.63) is 0 Å². The molecule has 2 fully saturated rings. The molecule has 1 heterocycles. The summed E-state index contributed by atoms with van der Waals surface area (Å²) in [5.41, 5.74) is 0. The van der Waals surface area contributed by atoms with Gasteiger partial charge < -0.3 is 10.6 Å². The Morgan fingerprint density at radius 1 is 1.15 bits per heavy atom. The van der Waals surface area contributed by atoms with E-state index >= 15 is 0 Å². The van der Waals surface area contributed by atoms with Crippen LogP contribution in [0.5, 0.6) is 0 Å². The second-order valence-electron chi connectivity index (χ2n) is 4.20. The van der Waals surface area contributed by atoms with Gasteiger partial charge in [-0.2, -0.15) is 0 Å². The number of hydrogen-bond acceptors (Lipinski definition) is 2. The smallest absolute Gasteiger partial charge is 0.225 e. The average Bonchev–Trinajstić information content (AvgIpc) is 2.02. The van der Waals surface area contributed by atoms with Gasteiger partial charge in [-0.25, -0.2) is 0 Å². The lowest BCUT2D eigenvalue weighted by atomic mass is 9.94. The fraction of sp³-hybridized carbons (Fsp3) is 0.900. The average molecular weight is 182 g/mol. The predicted molar refractivity (Wildman–Crippen MR) is 51.4 cm³/mol. The van der Waals surface area contributed by atoms with E-state index in [1.807, 2.05) is 0 Å². The zero-order valence-electron chi connectivity index (χ0n) is 8.01. The summed E-state index contributed by atoms with van der Waals surface area (Å²) < 4.78 is 0. The molecule has 2 rings (SSSR count). The van der Waals surface area contributed by atoms with E-state index in [2.05, 4.69) is 10.6 Å². The van der Waals surface area contributed by atoms with E-state index in [-0.39, 0.29) is 11.8 Å². The van der Waals surface area contributed by atoms with Crippen molar-refractivity contribution in [2.24, 2.45) is 5.92 Å². The summed E-state index contributed by atoms with van der Waals surface area (Å²) in [7, 11) is 0. The molecule has 0 spiro atoms. The molecule has 74 valence electrons. The first-order chi connectivity index (χ1) is 6.36. The van der Waals surface area contributed by atoms with Crippen LogP contribution < -0.4 is 10.6 Å². The molecule has 1 saturated carbocycles. The summed E-state index contributed by atoms with van der Waals surface area (Å²) in [5.74, 6) is 0.521. The summed E-state index contributed by atoms with van der Waals surface area (Å²) in [6.07, 6.45) is 6.29. The van der Waals surface area contributed by atoms with E-state index in [9.17, 15) is 4.79 Å². The molecule has 2 N–H and O–H groups in total. The maximum atomic E-state index is 11.5. The Morgan fingerprint density at radius 3 is 2.38 bits per heavy atom. The number of nitrogens with one attached hydrogen (secondary N) is 2. The quantitative estimate of drug-likeness (QED) is 0.658. The summed E-state index contributed by atoms with van der Waals surface area (Å²) in [6, 6.07) is 0.474. The Hall–Kier alpha value is -0.570. The number of amides is 1. The van der Waals surface area contributed by atoms with E-state index < -0.39 is 0 Å². The monoisotopic (exact) mass is 182 g/mol. The van der Waals surface area contributed by atoms with Crippen molar-refractivity contribution in [2.45, 2.75) is 38.1 Å². The van der Waals surface area contributed by atoms with Gasteiger partial charge in [0.25, 0.3) is 0 Å². The molecule has 2 aliphatic rings. The zero-order valence-corrected chi connectivity index (χ0v) is 8.01.